The van der Waals surface area contributed by atoms with Crippen molar-refractivity contribution in [3.63, 3.8) is 0 Å². The molecule has 0 saturated heterocycles. The molecule has 0 radical (unpaired) electrons. The van der Waals surface area contributed by atoms with Gasteiger partial charge in [-0.25, -0.2) is 0 Å². The van der Waals surface area contributed by atoms with E-state index in [1.807, 2.05) is 18.4 Å². The van der Waals surface area contributed by atoms with Crippen LogP contribution < -0.4 is 5.32 Å². The Labute approximate surface area is 88.8 Å². The SMILES string of the molecule is CNC(C)c1csc2cccc(C)c12. The zero-order chi connectivity index (χ0) is 10.1. The highest BCUT2D eigenvalue weighted by atomic mass is 32.1. The normalized spacial score (nSPS) is 13.4. The van der Waals surface area contributed by atoms with Gasteiger partial charge in [0, 0.05) is 16.1 Å². The summed E-state index contributed by atoms with van der Waals surface area (Å²) in [5.74, 6) is 0. The predicted molar refractivity (Wildman–Crippen MR) is 64.0 cm³/mol. The molecular formula is C12H15NS. The number of aryl methyl sites for hydroxylation is 1. The minimum absolute atomic E-state index is 0.435. The van der Waals surface area contributed by atoms with Gasteiger partial charge in [0.25, 0.3) is 0 Å². The van der Waals surface area contributed by atoms with Gasteiger partial charge in [0.2, 0.25) is 0 Å². The van der Waals surface area contributed by atoms with Crippen molar-refractivity contribution in [1.82, 2.24) is 5.32 Å². The van der Waals surface area contributed by atoms with Crippen LogP contribution in [-0.4, -0.2) is 7.05 Å². The van der Waals surface area contributed by atoms with Crippen LogP contribution in [0.2, 0.25) is 0 Å². The van der Waals surface area contributed by atoms with E-state index in [1.165, 1.54) is 21.2 Å². The molecule has 2 rings (SSSR count). The maximum absolute atomic E-state index is 3.29. The Balaban J connectivity index is 2.67. The van der Waals surface area contributed by atoms with E-state index in [-0.39, 0.29) is 0 Å². The van der Waals surface area contributed by atoms with Gasteiger partial charge in [-0.3, -0.25) is 0 Å². The van der Waals surface area contributed by atoms with Crippen molar-refractivity contribution in [2.75, 3.05) is 7.05 Å². The van der Waals surface area contributed by atoms with Crippen molar-refractivity contribution in [1.29, 1.82) is 0 Å². The molecule has 14 heavy (non-hydrogen) atoms. The van der Waals surface area contributed by atoms with Gasteiger partial charge < -0.3 is 5.32 Å². The Morgan fingerprint density at radius 2 is 2.14 bits per heavy atom. The molecule has 0 bridgehead atoms. The van der Waals surface area contributed by atoms with Gasteiger partial charge in [-0.1, -0.05) is 12.1 Å². The fourth-order valence-corrected chi connectivity index (χ4v) is 2.90. The van der Waals surface area contributed by atoms with E-state index >= 15 is 0 Å². The Bertz CT molecular complexity index is 445. The summed E-state index contributed by atoms with van der Waals surface area (Å²) in [6.07, 6.45) is 0. The van der Waals surface area contributed by atoms with E-state index in [4.69, 9.17) is 0 Å². The van der Waals surface area contributed by atoms with Gasteiger partial charge in [0.1, 0.15) is 0 Å². The van der Waals surface area contributed by atoms with Crippen LogP contribution in [0.25, 0.3) is 10.1 Å². The number of benzene rings is 1. The van der Waals surface area contributed by atoms with Crippen molar-refractivity contribution in [2.45, 2.75) is 19.9 Å². The molecule has 0 fully saturated rings. The first kappa shape index (κ1) is 9.69. The van der Waals surface area contributed by atoms with Crippen LogP contribution in [0.1, 0.15) is 24.1 Å². The van der Waals surface area contributed by atoms with E-state index in [1.54, 1.807) is 0 Å². The number of thiophene rings is 1. The Kier molecular flexibility index (Phi) is 2.57. The van der Waals surface area contributed by atoms with Gasteiger partial charge in [-0.15, -0.1) is 11.3 Å². The largest absolute Gasteiger partial charge is 0.313 e. The summed E-state index contributed by atoms with van der Waals surface area (Å²) in [5.41, 5.74) is 2.80. The van der Waals surface area contributed by atoms with Crippen LogP contribution in [-0.2, 0) is 0 Å². The first-order valence-electron chi connectivity index (χ1n) is 4.88. The molecular weight excluding hydrogens is 190 g/mol. The second-order valence-electron chi connectivity index (χ2n) is 3.65. The van der Waals surface area contributed by atoms with Crippen molar-refractivity contribution < 1.29 is 0 Å². The molecule has 1 unspecified atom stereocenters. The van der Waals surface area contributed by atoms with Crippen molar-refractivity contribution in [2.24, 2.45) is 0 Å². The monoisotopic (exact) mass is 205 g/mol. The highest BCUT2D eigenvalue weighted by Crippen LogP contribution is 2.32. The predicted octanol–water partition coefficient (Wildman–Crippen LogP) is 3.49. The van der Waals surface area contributed by atoms with E-state index in [0.717, 1.165) is 0 Å². The standard InChI is InChI=1S/C12H15NS/c1-8-5-4-6-11-12(8)10(7-14-11)9(2)13-3/h4-7,9,13H,1-3H3. The molecule has 0 aliphatic carbocycles. The smallest absolute Gasteiger partial charge is 0.0348 e. The summed E-state index contributed by atoms with van der Waals surface area (Å²) in [6, 6.07) is 6.94. The van der Waals surface area contributed by atoms with Gasteiger partial charge in [-0.05, 0) is 43.5 Å². The summed E-state index contributed by atoms with van der Waals surface area (Å²) in [5, 5.41) is 6.99. The lowest BCUT2D eigenvalue weighted by molar-refractivity contribution is 0.659. The van der Waals surface area contributed by atoms with E-state index in [2.05, 4.69) is 42.7 Å². The van der Waals surface area contributed by atoms with E-state index < -0.39 is 0 Å². The fourth-order valence-electron chi connectivity index (χ4n) is 1.77. The molecule has 74 valence electrons. The quantitative estimate of drug-likeness (QED) is 0.791. The van der Waals surface area contributed by atoms with Crippen LogP contribution in [0.15, 0.2) is 23.6 Å². The molecule has 1 heterocycles. The summed E-state index contributed by atoms with van der Waals surface area (Å²) in [6.45, 7) is 4.38. The molecule has 2 heteroatoms. The van der Waals surface area contributed by atoms with Crippen LogP contribution in [0, 0.1) is 6.92 Å². The molecule has 1 aromatic heterocycles. The lowest BCUT2D eigenvalue weighted by atomic mass is 10.0. The zero-order valence-electron chi connectivity index (χ0n) is 8.79. The second kappa shape index (κ2) is 3.71. The summed E-state index contributed by atoms with van der Waals surface area (Å²) >= 11 is 1.83. The highest BCUT2D eigenvalue weighted by Gasteiger charge is 2.10. The average Bonchev–Trinajstić information content (AvgIpc) is 2.62. The third-order valence-corrected chi connectivity index (χ3v) is 3.70. The van der Waals surface area contributed by atoms with Gasteiger partial charge in [0.15, 0.2) is 0 Å². The average molecular weight is 205 g/mol. The number of hydrogen-bond donors (Lipinski definition) is 1. The first-order chi connectivity index (χ1) is 6.74. The number of rotatable bonds is 2. The number of fused-ring (bicyclic) bond motifs is 1. The maximum Gasteiger partial charge on any atom is 0.0348 e. The highest BCUT2D eigenvalue weighted by molar-refractivity contribution is 7.17. The molecule has 1 nitrogen and oxygen atoms in total. The second-order valence-corrected chi connectivity index (χ2v) is 4.56. The Morgan fingerprint density at radius 1 is 1.36 bits per heavy atom. The van der Waals surface area contributed by atoms with Gasteiger partial charge in [0.05, 0.1) is 0 Å². The van der Waals surface area contributed by atoms with Crippen molar-refractivity contribution in [3.05, 3.63) is 34.7 Å². The fraction of sp³-hybridized carbons (Fsp3) is 0.333. The lowest BCUT2D eigenvalue weighted by Gasteiger charge is -2.09. The number of nitrogens with one attached hydrogen (secondary N) is 1. The van der Waals surface area contributed by atoms with Crippen LogP contribution in [0.5, 0.6) is 0 Å². The van der Waals surface area contributed by atoms with Crippen LogP contribution >= 0.6 is 11.3 Å². The Hall–Kier alpha value is -0.860. The third-order valence-electron chi connectivity index (χ3n) is 2.74. The van der Waals surface area contributed by atoms with Gasteiger partial charge >= 0.3 is 0 Å². The maximum atomic E-state index is 3.29. The molecule has 0 spiro atoms. The summed E-state index contributed by atoms with van der Waals surface area (Å²) < 4.78 is 1.39. The molecule has 0 aliphatic rings. The van der Waals surface area contributed by atoms with E-state index in [0.29, 0.717) is 6.04 Å². The van der Waals surface area contributed by atoms with Crippen molar-refractivity contribution >= 4 is 21.4 Å². The first-order valence-corrected chi connectivity index (χ1v) is 5.76. The summed E-state index contributed by atoms with van der Waals surface area (Å²) in [4.78, 5) is 0. The summed E-state index contributed by atoms with van der Waals surface area (Å²) in [7, 11) is 2.01. The molecule has 1 aromatic carbocycles. The third kappa shape index (κ3) is 1.45. The molecule has 2 aromatic rings. The molecule has 0 aliphatic heterocycles. The molecule has 1 atom stereocenters. The Morgan fingerprint density at radius 3 is 2.86 bits per heavy atom. The van der Waals surface area contributed by atoms with Gasteiger partial charge in [-0.2, -0.15) is 0 Å². The lowest BCUT2D eigenvalue weighted by Crippen LogP contribution is -2.11. The van der Waals surface area contributed by atoms with E-state index in [9.17, 15) is 0 Å². The van der Waals surface area contributed by atoms with Crippen molar-refractivity contribution in [3.8, 4) is 0 Å². The molecule has 1 N–H and O–H groups in total. The molecule has 0 saturated carbocycles. The van der Waals surface area contributed by atoms with Crippen LogP contribution in [0.4, 0.5) is 0 Å². The molecule has 0 amide bonds. The minimum Gasteiger partial charge on any atom is -0.313 e. The minimum atomic E-state index is 0.435. The zero-order valence-corrected chi connectivity index (χ0v) is 9.61. The topological polar surface area (TPSA) is 12.0 Å². The number of hydrogen-bond acceptors (Lipinski definition) is 2. The van der Waals surface area contributed by atoms with Crippen LogP contribution in [0.3, 0.4) is 0 Å².